The molecule has 0 radical (unpaired) electrons. The number of rotatable bonds is 5. The third-order valence-electron chi connectivity index (χ3n) is 3.55. The first-order chi connectivity index (χ1) is 9.61. The highest BCUT2D eigenvalue weighted by Crippen LogP contribution is 2.22. The van der Waals surface area contributed by atoms with E-state index in [9.17, 15) is 9.59 Å². The highest BCUT2D eigenvalue weighted by atomic mass is 32.2. The van der Waals surface area contributed by atoms with E-state index >= 15 is 0 Å². The number of aryl methyl sites for hydroxylation is 2. The van der Waals surface area contributed by atoms with E-state index in [1.165, 1.54) is 22.2 Å². The van der Waals surface area contributed by atoms with Gasteiger partial charge in [-0.3, -0.25) is 4.79 Å². The Balaban J connectivity index is 1.89. The number of hydrogen-bond donors (Lipinski definition) is 1. The van der Waals surface area contributed by atoms with Crippen molar-refractivity contribution in [1.82, 2.24) is 4.90 Å². The molecule has 4 nitrogen and oxygen atoms in total. The zero-order chi connectivity index (χ0) is 14.5. The van der Waals surface area contributed by atoms with Gasteiger partial charge in [0.15, 0.2) is 0 Å². The van der Waals surface area contributed by atoms with Crippen LogP contribution in [0.1, 0.15) is 24.5 Å². The molecule has 1 saturated heterocycles. The van der Waals surface area contributed by atoms with Crippen molar-refractivity contribution in [3.05, 3.63) is 35.4 Å². The highest BCUT2D eigenvalue weighted by Gasteiger charge is 2.33. The molecule has 20 heavy (non-hydrogen) atoms. The molecule has 2 rings (SSSR count). The van der Waals surface area contributed by atoms with Crippen molar-refractivity contribution in [3.63, 3.8) is 0 Å². The van der Waals surface area contributed by atoms with Crippen LogP contribution in [0.25, 0.3) is 0 Å². The lowest BCUT2D eigenvalue weighted by atomic mass is 10.1. The Morgan fingerprint density at radius 2 is 1.95 bits per heavy atom. The average Bonchev–Trinajstić information content (AvgIpc) is 2.95. The zero-order valence-electron chi connectivity index (χ0n) is 11.5. The maximum atomic E-state index is 12.1. The van der Waals surface area contributed by atoms with E-state index < -0.39 is 12.0 Å². The number of benzene rings is 1. The number of aliphatic carboxylic acids is 1. The second-order valence-electron chi connectivity index (χ2n) is 4.89. The van der Waals surface area contributed by atoms with Crippen LogP contribution in [0.3, 0.4) is 0 Å². The molecule has 5 heteroatoms. The normalized spacial score (nSPS) is 18.2. The average molecular weight is 293 g/mol. The molecule has 1 unspecified atom stereocenters. The molecular formula is C15H19NO3S. The van der Waals surface area contributed by atoms with Gasteiger partial charge in [-0.1, -0.05) is 31.2 Å². The smallest absolute Gasteiger partial charge is 0.327 e. The molecule has 1 atom stereocenters. The monoisotopic (exact) mass is 293 g/mol. The topological polar surface area (TPSA) is 57.6 Å². The van der Waals surface area contributed by atoms with Crippen molar-refractivity contribution in [3.8, 4) is 0 Å². The Labute approximate surface area is 123 Å². The Kier molecular flexibility index (Phi) is 5.06. The van der Waals surface area contributed by atoms with Crippen molar-refractivity contribution in [2.45, 2.75) is 32.2 Å². The fourth-order valence-electron chi connectivity index (χ4n) is 2.23. The number of thioether (sulfide) groups is 1. The van der Waals surface area contributed by atoms with Gasteiger partial charge < -0.3 is 10.0 Å². The minimum atomic E-state index is -0.907. The summed E-state index contributed by atoms with van der Waals surface area (Å²) in [6.07, 6.45) is 2.04. The van der Waals surface area contributed by atoms with Gasteiger partial charge in [-0.2, -0.15) is 0 Å². The van der Waals surface area contributed by atoms with Gasteiger partial charge in [0.05, 0.1) is 5.88 Å². The van der Waals surface area contributed by atoms with E-state index in [2.05, 4.69) is 19.1 Å². The Morgan fingerprint density at radius 3 is 2.55 bits per heavy atom. The van der Waals surface area contributed by atoms with Gasteiger partial charge in [0.2, 0.25) is 5.91 Å². The summed E-state index contributed by atoms with van der Waals surface area (Å²) in [6, 6.07) is 7.57. The van der Waals surface area contributed by atoms with Crippen molar-refractivity contribution >= 4 is 23.6 Å². The van der Waals surface area contributed by atoms with Gasteiger partial charge in [-0.25, -0.2) is 4.79 Å². The summed E-state index contributed by atoms with van der Waals surface area (Å²) >= 11 is 1.50. The summed E-state index contributed by atoms with van der Waals surface area (Å²) in [5.41, 5.74) is 2.40. The fourth-order valence-corrected chi connectivity index (χ4v) is 3.40. The van der Waals surface area contributed by atoms with Gasteiger partial charge in [0.1, 0.15) is 6.04 Å². The lowest BCUT2D eigenvalue weighted by Gasteiger charge is -2.20. The summed E-state index contributed by atoms with van der Waals surface area (Å²) in [6.45, 7) is 2.11. The van der Waals surface area contributed by atoms with Crippen molar-refractivity contribution < 1.29 is 14.7 Å². The second kappa shape index (κ2) is 6.79. The Hall–Kier alpha value is -1.49. The van der Waals surface area contributed by atoms with E-state index in [0.29, 0.717) is 24.5 Å². The number of nitrogens with zero attached hydrogens (tertiary/aromatic N) is 1. The van der Waals surface area contributed by atoms with Crippen LogP contribution in [0.4, 0.5) is 0 Å². The first kappa shape index (κ1) is 14.9. The molecule has 1 aromatic carbocycles. The quantitative estimate of drug-likeness (QED) is 0.904. The minimum absolute atomic E-state index is 0.0676. The molecular weight excluding hydrogens is 274 g/mol. The molecule has 0 aliphatic carbocycles. The SMILES string of the molecule is CCc1ccc(CCC(=O)N2CSCC2C(=O)O)cc1. The van der Waals surface area contributed by atoms with E-state index in [4.69, 9.17) is 5.11 Å². The third kappa shape index (κ3) is 3.54. The van der Waals surface area contributed by atoms with E-state index in [1.807, 2.05) is 12.1 Å². The predicted octanol–water partition coefficient (Wildman–Crippen LogP) is 2.17. The minimum Gasteiger partial charge on any atom is -0.480 e. The third-order valence-corrected chi connectivity index (χ3v) is 4.56. The highest BCUT2D eigenvalue weighted by molar-refractivity contribution is 7.99. The zero-order valence-corrected chi connectivity index (χ0v) is 12.4. The standard InChI is InChI=1S/C15H19NO3S/c1-2-11-3-5-12(6-4-11)7-8-14(17)16-10-20-9-13(16)15(18)19/h3-6,13H,2,7-10H2,1H3,(H,18,19). The van der Waals surface area contributed by atoms with Gasteiger partial charge in [-0.05, 0) is 24.0 Å². The molecule has 1 aromatic rings. The second-order valence-corrected chi connectivity index (χ2v) is 5.89. The van der Waals surface area contributed by atoms with Crippen LogP contribution in [-0.2, 0) is 22.4 Å². The van der Waals surface area contributed by atoms with Gasteiger partial charge in [-0.15, -0.1) is 11.8 Å². The molecule has 1 aliphatic heterocycles. The maximum absolute atomic E-state index is 12.1. The van der Waals surface area contributed by atoms with Gasteiger partial charge >= 0.3 is 5.97 Å². The summed E-state index contributed by atoms with van der Waals surface area (Å²) in [4.78, 5) is 24.6. The largest absolute Gasteiger partial charge is 0.480 e. The molecule has 108 valence electrons. The number of carboxylic acid groups (broad SMARTS) is 1. The lowest BCUT2D eigenvalue weighted by Crippen LogP contribution is -2.41. The Morgan fingerprint density at radius 1 is 1.30 bits per heavy atom. The van der Waals surface area contributed by atoms with Crippen LogP contribution >= 0.6 is 11.8 Å². The Bertz CT molecular complexity index is 486. The number of amides is 1. The van der Waals surface area contributed by atoms with Crippen molar-refractivity contribution in [2.24, 2.45) is 0 Å². The first-order valence-electron chi connectivity index (χ1n) is 6.79. The lowest BCUT2D eigenvalue weighted by molar-refractivity contribution is -0.147. The molecule has 0 spiro atoms. The van der Waals surface area contributed by atoms with Gasteiger partial charge in [0.25, 0.3) is 0 Å². The van der Waals surface area contributed by atoms with Crippen molar-refractivity contribution in [2.75, 3.05) is 11.6 Å². The number of carboxylic acids is 1. The summed E-state index contributed by atoms with van der Waals surface area (Å²) in [7, 11) is 0. The summed E-state index contributed by atoms with van der Waals surface area (Å²) in [5, 5.41) is 9.07. The summed E-state index contributed by atoms with van der Waals surface area (Å²) < 4.78 is 0. The summed E-state index contributed by atoms with van der Waals surface area (Å²) in [5.74, 6) is 0.00855. The van der Waals surface area contributed by atoms with Crippen LogP contribution in [-0.4, -0.2) is 39.6 Å². The number of hydrogen-bond acceptors (Lipinski definition) is 3. The van der Waals surface area contributed by atoms with E-state index in [-0.39, 0.29) is 5.91 Å². The molecule has 1 N–H and O–H groups in total. The van der Waals surface area contributed by atoms with E-state index in [1.54, 1.807) is 0 Å². The van der Waals surface area contributed by atoms with Crippen LogP contribution in [0.5, 0.6) is 0 Å². The maximum Gasteiger partial charge on any atom is 0.327 e. The van der Waals surface area contributed by atoms with Crippen LogP contribution in [0, 0.1) is 0 Å². The molecule has 1 aliphatic rings. The van der Waals surface area contributed by atoms with E-state index in [0.717, 1.165) is 12.0 Å². The fraction of sp³-hybridized carbons (Fsp3) is 0.467. The molecule has 0 saturated carbocycles. The van der Waals surface area contributed by atoms with Crippen LogP contribution in [0.2, 0.25) is 0 Å². The molecule has 0 bridgehead atoms. The van der Waals surface area contributed by atoms with Crippen molar-refractivity contribution in [1.29, 1.82) is 0 Å². The van der Waals surface area contributed by atoms with Crippen LogP contribution in [0.15, 0.2) is 24.3 Å². The number of carbonyl (C=O) groups excluding carboxylic acids is 1. The molecule has 0 aromatic heterocycles. The van der Waals surface area contributed by atoms with Gasteiger partial charge in [0, 0.05) is 12.2 Å². The number of carbonyl (C=O) groups is 2. The molecule has 1 heterocycles. The molecule has 1 fully saturated rings. The van der Waals surface area contributed by atoms with Crippen LogP contribution < -0.4 is 0 Å². The molecule has 1 amide bonds. The first-order valence-corrected chi connectivity index (χ1v) is 7.95. The predicted molar refractivity (Wildman–Crippen MR) is 79.7 cm³/mol.